The molecule has 1 heterocycles. The summed E-state index contributed by atoms with van der Waals surface area (Å²) in [4.78, 5) is 9.18. The van der Waals surface area contributed by atoms with Gasteiger partial charge in [0.2, 0.25) is 0 Å². The number of nitrogens with zero attached hydrogens (tertiary/aromatic N) is 2. The summed E-state index contributed by atoms with van der Waals surface area (Å²) in [5.41, 5.74) is 4.72. The van der Waals surface area contributed by atoms with Crippen molar-refractivity contribution >= 4 is 26.7 Å². The number of aryl methyl sites for hydroxylation is 3. The predicted octanol–water partition coefficient (Wildman–Crippen LogP) is 4.00. The lowest BCUT2D eigenvalue weighted by Gasteiger charge is -2.10. The molecule has 0 unspecified atom stereocenters. The van der Waals surface area contributed by atoms with E-state index in [-0.39, 0.29) is 4.90 Å². The molecule has 0 saturated heterocycles. The maximum absolute atomic E-state index is 12.6. The first kappa shape index (κ1) is 17.4. The van der Waals surface area contributed by atoms with Crippen LogP contribution in [0.2, 0.25) is 0 Å². The van der Waals surface area contributed by atoms with E-state index in [4.69, 9.17) is 0 Å². The summed E-state index contributed by atoms with van der Waals surface area (Å²) in [5, 5.41) is 0. The van der Waals surface area contributed by atoms with Crippen molar-refractivity contribution in [2.45, 2.75) is 38.5 Å². The van der Waals surface area contributed by atoms with E-state index in [2.05, 4.69) is 21.6 Å². The molecule has 0 aliphatic rings. The van der Waals surface area contributed by atoms with Crippen molar-refractivity contribution in [1.29, 1.82) is 0 Å². The Bertz CT molecular complexity index is 1010. The average molecular weight is 355 g/mol. The highest BCUT2D eigenvalue weighted by Gasteiger charge is 2.14. The van der Waals surface area contributed by atoms with E-state index < -0.39 is 10.0 Å². The Labute approximate surface area is 148 Å². The molecule has 0 aliphatic carbocycles. The minimum Gasteiger partial charge on any atom is -0.280 e. The molecule has 1 N–H and O–H groups in total. The van der Waals surface area contributed by atoms with E-state index in [1.54, 1.807) is 30.3 Å². The van der Waals surface area contributed by atoms with Crippen LogP contribution in [0.1, 0.15) is 30.3 Å². The third-order valence-corrected chi connectivity index (χ3v) is 5.50. The van der Waals surface area contributed by atoms with Gasteiger partial charge in [0.1, 0.15) is 0 Å². The van der Waals surface area contributed by atoms with Gasteiger partial charge in [-0.3, -0.25) is 4.72 Å². The van der Waals surface area contributed by atoms with Gasteiger partial charge in [-0.05, 0) is 56.2 Å². The Morgan fingerprint density at radius 2 is 1.56 bits per heavy atom. The number of nitrogens with one attached hydrogen (secondary N) is 1. The SMILES string of the molecule is CCCc1ccc(S(=O)(=O)Nc2ccc3nc(C)c(C)nc3c2)cc1. The Balaban J connectivity index is 1.89. The highest BCUT2D eigenvalue weighted by molar-refractivity contribution is 7.92. The van der Waals surface area contributed by atoms with Gasteiger partial charge in [0.15, 0.2) is 0 Å². The van der Waals surface area contributed by atoms with E-state index in [0.29, 0.717) is 11.2 Å². The zero-order valence-electron chi connectivity index (χ0n) is 14.6. The van der Waals surface area contributed by atoms with Crippen LogP contribution in [0, 0.1) is 13.8 Å². The number of sulfonamides is 1. The van der Waals surface area contributed by atoms with E-state index in [9.17, 15) is 8.42 Å². The maximum atomic E-state index is 12.6. The standard InChI is InChI=1S/C19H21N3O2S/c1-4-5-15-6-9-17(10-7-15)25(23,24)22-16-8-11-18-19(12-16)21-14(3)13(2)20-18/h6-12,22H,4-5H2,1-3H3. The fourth-order valence-electron chi connectivity index (χ4n) is 2.63. The van der Waals surface area contributed by atoms with Crippen molar-refractivity contribution in [2.24, 2.45) is 0 Å². The first-order valence-electron chi connectivity index (χ1n) is 8.26. The summed E-state index contributed by atoms with van der Waals surface area (Å²) in [6, 6.07) is 12.2. The zero-order chi connectivity index (χ0) is 18.0. The van der Waals surface area contributed by atoms with Crippen LogP contribution in [0.5, 0.6) is 0 Å². The van der Waals surface area contributed by atoms with E-state index >= 15 is 0 Å². The average Bonchev–Trinajstić information content (AvgIpc) is 2.57. The molecule has 2 aromatic carbocycles. The van der Waals surface area contributed by atoms with Gasteiger partial charge in [0.25, 0.3) is 10.0 Å². The van der Waals surface area contributed by atoms with Gasteiger partial charge < -0.3 is 0 Å². The Morgan fingerprint density at radius 3 is 2.20 bits per heavy atom. The maximum Gasteiger partial charge on any atom is 0.261 e. The number of anilines is 1. The largest absolute Gasteiger partial charge is 0.280 e. The minimum atomic E-state index is -3.63. The minimum absolute atomic E-state index is 0.249. The molecule has 3 aromatic rings. The lowest BCUT2D eigenvalue weighted by atomic mass is 10.1. The summed E-state index contributed by atoms with van der Waals surface area (Å²) < 4.78 is 27.8. The van der Waals surface area contributed by atoms with Crippen molar-refractivity contribution in [1.82, 2.24) is 9.97 Å². The lowest BCUT2D eigenvalue weighted by Crippen LogP contribution is -2.13. The molecule has 1 aromatic heterocycles. The van der Waals surface area contributed by atoms with Gasteiger partial charge >= 0.3 is 0 Å². The quantitative estimate of drug-likeness (QED) is 0.751. The van der Waals surface area contributed by atoms with Gasteiger partial charge in [-0.1, -0.05) is 25.5 Å². The van der Waals surface area contributed by atoms with Crippen LogP contribution in [0.15, 0.2) is 47.4 Å². The summed E-state index contributed by atoms with van der Waals surface area (Å²) in [6.45, 7) is 5.88. The Hall–Kier alpha value is -2.47. The van der Waals surface area contributed by atoms with E-state index in [1.165, 1.54) is 0 Å². The van der Waals surface area contributed by atoms with Crippen LogP contribution in [0.4, 0.5) is 5.69 Å². The Kier molecular flexibility index (Phi) is 4.72. The molecule has 0 radical (unpaired) electrons. The lowest BCUT2D eigenvalue weighted by molar-refractivity contribution is 0.601. The third-order valence-electron chi connectivity index (χ3n) is 4.10. The molecule has 130 valence electrons. The molecule has 5 nitrogen and oxygen atoms in total. The fraction of sp³-hybridized carbons (Fsp3) is 0.263. The predicted molar refractivity (Wildman–Crippen MR) is 100 cm³/mol. The number of fused-ring (bicyclic) bond motifs is 1. The van der Waals surface area contributed by atoms with E-state index in [0.717, 1.165) is 35.3 Å². The molecule has 0 fully saturated rings. The van der Waals surface area contributed by atoms with Crippen molar-refractivity contribution < 1.29 is 8.42 Å². The second-order valence-electron chi connectivity index (χ2n) is 6.10. The fourth-order valence-corrected chi connectivity index (χ4v) is 3.68. The highest BCUT2D eigenvalue weighted by atomic mass is 32.2. The van der Waals surface area contributed by atoms with Crippen LogP contribution in [0.25, 0.3) is 11.0 Å². The molecule has 0 spiro atoms. The summed E-state index contributed by atoms with van der Waals surface area (Å²) in [5.74, 6) is 0. The molecule has 0 atom stereocenters. The van der Waals surface area contributed by atoms with Gasteiger partial charge in [-0.15, -0.1) is 0 Å². The molecule has 0 saturated carbocycles. The topological polar surface area (TPSA) is 72.0 Å². The number of benzene rings is 2. The number of hydrogen-bond acceptors (Lipinski definition) is 4. The molecule has 25 heavy (non-hydrogen) atoms. The van der Waals surface area contributed by atoms with Crippen LogP contribution >= 0.6 is 0 Å². The Morgan fingerprint density at radius 1 is 0.920 bits per heavy atom. The molecule has 6 heteroatoms. The second kappa shape index (κ2) is 6.80. The van der Waals surface area contributed by atoms with Crippen molar-refractivity contribution in [3.05, 3.63) is 59.4 Å². The van der Waals surface area contributed by atoms with Crippen molar-refractivity contribution in [2.75, 3.05) is 4.72 Å². The summed E-state index contributed by atoms with van der Waals surface area (Å²) in [7, 11) is -3.63. The van der Waals surface area contributed by atoms with E-state index in [1.807, 2.05) is 26.0 Å². The molecule has 0 aliphatic heterocycles. The molecular weight excluding hydrogens is 334 g/mol. The molecule has 3 rings (SSSR count). The van der Waals surface area contributed by atoms with Gasteiger partial charge in [0.05, 0.1) is 33.0 Å². The smallest absolute Gasteiger partial charge is 0.261 e. The van der Waals surface area contributed by atoms with Gasteiger partial charge in [0, 0.05) is 0 Å². The van der Waals surface area contributed by atoms with Crippen molar-refractivity contribution in [3.63, 3.8) is 0 Å². The van der Waals surface area contributed by atoms with Crippen LogP contribution in [-0.4, -0.2) is 18.4 Å². The van der Waals surface area contributed by atoms with Gasteiger partial charge in [-0.25, -0.2) is 18.4 Å². The first-order valence-corrected chi connectivity index (χ1v) is 9.74. The van der Waals surface area contributed by atoms with Crippen LogP contribution in [0.3, 0.4) is 0 Å². The highest BCUT2D eigenvalue weighted by Crippen LogP contribution is 2.21. The van der Waals surface area contributed by atoms with Crippen molar-refractivity contribution in [3.8, 4) is 0 Å². The third kappa shape index (κ3) is 3.79. The van der Waals surface area contributed by atoms with Crippen LogP contribution < -0.4 is 4.72 Å². The number of hydrogen-bond donors (Lipinski definition) is 1. The molecular formula is C19H21N3O2S. The number of rotatable bonds is 5. The summed E-state index contributed by atoms with van der Waals surface area (Å²) in [6.07, 6.45) is 1.97. The second-order valence-corrected chi connectivity index (χ2v) is 7.78. The first-order chi connectivity index (χ1) is 11.9. The van der Waals surface area contributed by atoms with Gasteiger partial charge in [-0.2, -0.15) is 0 Å². The monoisotopic (exact) mass is 355 g/mol. The normalized spacial score (nSPS) is 11.6. The van der Waals surface area contributed by atoms with Crippen LogP contribution in [-0.2, 0) is 16.4 Å². The number of aromatic nitrogens is 2. The summed E-state index contributed by atoms with van der Waals surface area (Å²) >= 11 is 0. The zero-order valence-corrected chi connectivity index (χ0v) is 15.4. The molecule has 0 bridgehead atoms. The molecule has 0 amide bonds.